The highest BCUT2D eigenvalue weighted by Crippen LogP contribution is 2.00. The van der Waals surface area contributed by atoms with Crippen molar-refractivity contribution in [2.45, 2.75) is 25.7 Å². The monoisotopic (exact) mass is 221 g/mol. The van der Waals surface area contributed by atoms with Crippen LogP contribution in [-0.2, 0) is 0 Å². The van der Waals surface area contributed by atoms with E-state index in [1.807, 2.05) is 0 Å². The number of nitrogens with one attached hydrogen (secondary N) is 1. The summed E-state index contributed by atoms with van der Waals surface area (Å²) in [6.07, 6.45) is 5.65. The summed E-state index contributed by atoms with van der Waals surface area (Å²) >= 11 is 0. The van der Waals surface area contributed by atoms with Crippen molar-refractivity contribution in [3.8, 4) is 0 Å². The van der Waals surface area contributed by atoms with E-state index in [1.54, 1.807) is 30.3 Å². The van der Waals surface area contributed by atoms with Crippen molar-refractivity contribution in [3.05, 3.63) is 35.9 Å². The molecule has 88 valence electrons. The number of carboxylic acid groups (broad SMARTS) is 1. The minimum Gasteiger partial charge on any atom is -0.478 e. The van der Waals surface area contributed by atoms with Crippen LogP contribution in [0, 0.1) is 0 Å². The van der Waals surface area contributed by atoms with Crippen LogP contribution in [0.25, 0.3) is 0 Å². The predicted molar refractivity (Wildman–Crippen MR) is 64.7 cm³/mol. The first-order chi connectivity index (χ1) is 7.80. The van der Waals surface area contributed by atoms with Gasteiger partial charge in [0.05, 0.1) is 5.56 Å². The molecule has 1 fully saturated rings. The zero-order valence-corrected chi connectivity index (χ0v) is 9.48. The lowest BCUT2D eigenvalue weighted by molar-refractivity contribution is 0.0697. The first-order valence-electron chi connectivity index (χ1n) is 5.80. The highest BCUT2D eigenvalue weighted by molar-refractivity contribution is 5.87. The van der Waals surface area contributed by atoms with Gasteiger partial charge in [0, 0.05) is 0 Å². The van der Waals surface area contributed by atoms with Gasteiger partial charge in [-0.3, -0.25) is 0 Å². The van der Waals surface area contributed by atoms with E-state index >= 15 is 0 Å². The average Bonchev–Trinajstić information content (AvgIpc) is 2.63. The standard InChI is InChI=1S/C7H6O2.C6H13N/c8-7(9)6-4-2-1-3-5-6;1-2-4-6-7-5-3-1/h1-5H,(H,8,9);7H,1-6H2. The van der Waals surface area contributed by atoms with Gasteiger partial charge in [-0.1, -0.05) is 31.0 Å². The molecule has 0 atom stereocenters. The molecule has 0 aromatic heterocycles. The van der Waals surface area contributed by atoms with E-state index in [9.17, 15) is 4.79 Å². The molecule has 0 amide bonds. The molecule has 1 aliphatic heterocycles. The molecule has 3 nitrogen and oxygen atoms in total. The molecule has 0 saturated carbocycles. The van der Waals surface area contributed by atoms with Crippen molar-refractivity contribution in [2.75, 3.05) is 13.1 Å². The summed E-state index contributed by atoms with van der Waals surface area (Å²) in [4.78, 5) is 10.2. The molecule has 0 aliphatic carbocycles. The third-order valence-corrected chi connectivity index (χ3v) is 2.48. The van der Waals surface area contributed by atoms with E-state index in [4.69, 9.17) is 5.11 Å². The van der Waals surface area contributed by atoms with Gasteiger partial charge < -0.3 is 10.4 Å². The first-order valence-corrected chi connectivity index (χ1v) is 5.80. The number of carboxylic acids is 1. The lowest BCUT2D eigenvalue weighted by Crippen LogP contribution is -2.12. The second kappa shape index (κ2) is 7.88. The van der Waals surface area contributed by atoms with Crippen LogP contribution >= 0.6 is 0 Å². The van der Waals surface area contributed by atoms with Crippen molar-refractivity contribution in [1.29, 1.82) is 0 Å². The summed E-state index contributed by atoms with van der Waals surface area (Å²) in [6, 6.07) is 8.30. The Hall–Kier alpha value is -1.35. The molecule has 3 heteroatoms. The lowest BCUT2D eigenvalue weighted by atomic mass is 10.2. The number of benzene rings is 1. The molecule has 1 aromatic rings. The third-order valence-electron chi connectivity index (χ3n) is 2.48. The molecule has 0 radical (unpaired) electrons. The molecule has 1 aromatic carbocycles. The Bertz CT molecular complexity index is 278. The van der Waals surface area contributed by atoms with Crippen LogP contribution in [0.4, 0.5) is 0 Å². The highest BCUT2D eigenvalue weighted by atomic mass is 16.4. The maximum absolute atomic E-state index is 10.2. The molecular formula is C13H19NO2. The normalized spacial score (nSPS) is 15.5. The van der Waals surface area contributed by atoms with Gasteiger partial charge in [-0.15, -0.1) is 0 Å². The highest BCUT2D eigenvalue weighted by Gasteiger charge is 1.96. The molecule has 1 aliphatic rings. The van der Waals surface area contributed by atoms with E-state index in [1.165, 1.54) is 38.8 Å². The number of aromatic carboxylic acids is 1. The number of rotatable bonds is 1. The fourth-order valence-electron chi connectivity index (χ4n) is 1.56. The van der Waals surface area contributed by atoms with Crippen molar-refractivity contribution in [2.24, 2.45) is 0 Å². The van der Waals surface area contributed by atoms with E-state index < -0.39 is 5.97 Å². The van der Waals surface area contributed by atoms with Crippen molar-refractivity contribution in [3.63, 3.8) is 0 Å². The third kappa shape index (κ3) is 5.51. The van der Waals surface area contributed by atoms with Crippen LogP contribution < -0.4 is 5.32 Å². The van der Waals surface area contributed by atoms with Crippen LogP contribution in [-0.4, -0.2) is 24.2 Å². The Morgan fingerprint density at radius 2 is 1.56 bits per heavy atom. The Morgan fingerprint density at radius 1 is 1.00 bits per heavy atom. The van der Waals surface area contributed by atoms with Crippen molar-refractivity contribution in [1.82, 2.24) is 5.32 Å². The maximum Gasteiger partial charge on any atom is 0.335 e. The number of carbonyl (C=O) groups is 1. The largest absolute Gasteiger partial charge is 0.478 e. The van der Waals surface area contributed by atoms with Crippen LogP contribution in [0.5, 0.6) is 0 Å². The smallest absolute Gasteiger partial charge is 0.335 e. The fourth-order valence-corrected chi connectivity index (χ4v) is 1.56. The Balaban J connectivity index is 0.000000165. The molecule has 0 bridgehead atoms. The Kier molecular flexibility index (Phi) is 6.26. The fraction of sp³-hybridized carbons (Fsp3) is 0.462. The summed E-state index contributed by atoms with van der Waals surface area (Å²) in [5, 5.41) is 11.7. The topological polar surface area (TPSA) is 49.3 Å². The molecule has 16 heavy (non-hydrogen) atoms. The van der Waals surface area contributed by atoms with Crippen molar-refractivity contribution >= 4 is 5.97 Å². The summed E-state index contributed by atoms with van der Waals surface area (Å²) < 4.78 is 0. The van der Waals surface area contributed by atoms with Gasteiger partial charge in [0.1, 0.15) is 0 Å². The van der Waals surface area contributed by atoms with Crippen LogP contribution in [0.3, 0.4) is 0 Å². The number of hydrogen-bond acceptors (Lipinski definition) is 2. The van der Waals surface area contributed by atoms with E-state index in [2.05, 4.69) is 5.32 Å². The quantitative estimate of drug-likeness (QED) is 0.766. The molecule has 1 saturated heterocycles. The molecule has 2 rings (SSSR count). The average molecular weight is 221 g/mol. The van der Waals surface area contributed by atoms with Gasteiger partial charge in [0.25, 0.3) is 0 Å². The summed E-state index contributed by atoms with van der Waals surface area (Å²) in [5.41, 5.74) is 0.331. The zero-order chi connectivity index (χ0) is 11.6. The molecular weight excluding hydrogens is 202 g/mol. The second-order valence-corrected chi connectivity index (χ2v) is 3.84. The SMILES string of the molecule is C1CCCNCC1.O=C(O)c1ccccc1. The van der Waals surface area contributed by atoms with Gasteiger partial charge in [0.15, 0.2) is 0 Å². The molecule has 2 N–H and O–H groups in total. The molecule has 0 unspecified atom stereocenters. The second-order valence-electron chi connectivity index (χ2n) is 3.84. The minimum atomic E-state index is -0.879. The van der Waals surface area contributed by atoms with Gasteiger partial charge in [0.2, 0.25) is 0 Å². The maximum atomic E-state index is 10.2. The molecule has 0 spiro atoms. The predicted octanol–water partition coefficient (Wildman–Crippen LogP) is 2.53. The summed E-state index contributed by atoms with van der Waals surface area (Å²) in [7, 11) is 0. The Labute approximate surface area is 96.5 Å². The van der Waals surface area contributed by atoms with Crippen LogP contribution in [0.1, 0.15) is 36.0 Å². The first kappa shape index (κ1) is 12.7. The zero-order valence-electron chi connectivity index (χ0n) is 9.48. The van der Waals surface area contributed by atoms with Gasteiger partial charge in [-0.2, -0.15) is 0 Å². The van der Waals surface area contributed by atoms with Crippen LogP contribution in [0.2, 0.25) is 0 Å². The van der Waals surface area contributed by atoms with E-state index in [0.29, 0.717) is 5.56 Å². The van der Waals surface area contributed by atoms with Gasteiger partial charge in [-0.25, -0.2) is 4.79 Å². The van der Waals surface area contributed by atoms with E-state index in [-0.39, 0.29) is 0 Å². The van der Waals surface area contributed by atoms with E-state index in [0.717, 1.165) is 0 Å². The van der Waals surface area contributed by atoms with Crippen molar-refractivity contribution < 1.29 is 9.90 Å². The molecule has 1 heterocycles. The Morgan fingerprint density at radius 3 is 2.00 bits per heavy atom. The number of hydrogen-bond donors (Lipinski definition) is 2. The minimum absolute atomic E-state index is 0.331. The summed E-state index contributed by atoms with van der Waals surface area (Å²) in [6.45, 7) is 2.50. The lowest BCUT2D eigenvalue weighted by Gasteiger charge is -1.91. The summed E-state index contributed by atoms with van der Waals surface area (Å²) in [5.74, 6) is -0.879. The van der Waals surface area contributed by atoms with Gasteiger partial charge >= 0.3 is 5.97 Å². The van der Waals surface area contributed by atoms with Crippen LogP contribution in [0.15, 0.2) is 30.3 Å². The van der Waals surface area contributed by atoms with Gasteiger partial charge in [-0.05, 0) is 38.1 Å².